The lowest BCUT2D eigenvalue weighted by Gasteiger charge is -2.19. The Morgan fingerprint density at radius 1 is 1.37 bits per heavy atom. The van der Waals surface area contributed by atoms with Crippen molar-refractivity contribution < 1.29 is 28.7 Å². The summed E-state index contributed by atoms with van der Waals surface area (Å²) in [5.74, 6) is -0.818. The lowest BCUT2D eigenvalue weighted by atomic mass is 10.0. The zero-order chi connectivity index (χ0) is 19.8. The first-order valence-corrected chi connectivity index (χ1v) is 8.53. The summed E-state index contributed by atoms with van der Waals surface area (Å²) in [6.45, 7) is 1.67. The molecule has 0 saturated carbocycles. The third-order valence-corrected chi connectivity index (χ3v) is 4.00. The number of hydroxylamine groups is 2. The van der Waals surface area contributed by atoms with Gasteiger partial charge in [0.1, 0.15) is 0 Å². The topological polar surface area (TPSA) is 121 Å². The van der Waals surface area contributed by atoms with Crippen LogP contribution < -0.4 is 15.4 Å². The standard InChI is InChI=1S/C18H23N3O6/c1-3-5-13(9-21(25)11-22)17(23)19-10-20-18(24)15-8-12-6-4-7-14(26-2)16(12)27-15/h4,6-8,11,13,25H,3,5,9-10H2,1-2H3,(H,19,23)(H,20,24)/t13-/m1/s1. The Kier molecular flexibility index (Phi) is 7.18. The SMILES string of the molecule is CCC[C@H](CN(O)C=O)C(=O)NCNC(=O)c1cc2cccc(OC)c2o1. The number of para-hydroxylation sites is 1. The zero-order valence-electron chi connectivity index (χ0n) is 15.2. The number of nitrogens with zero attached hydrogens (tertiary/aromatic N) is 1. The second-order valence-electron chi connectivity index (χ2n) is 5.93. The molecule has 3 N–H and O–H groups in total. The fourth-order valence-corrected chi connectivity index (χ4v) is 2.67. The predicted molar refractivity (Wildman–Crippen MR) is 96.2 cm³/mol. The van der Waals surface area contributed by atoms with Crippen molar-refractivity contribution in [3.05, 3.63) is 30.0 Å². The fraction of sp³-hybridized carbons (Fsp3) is 0.389. The Balaban J connectivity index is 1.93. The number of ether oxygens (including phenoxy) is 1. The third-order valence-electron chi connectivity index (χ3n) is 4.00. The van der Waals surface area contributed by atoms with Gasteiger partial charge in [0, 0.05) is 5.39 Å². The number of hydrogen-bond donors (Lipinski definition) is 3. The molecular weight excluding hydrogens is 354 g/mol. The van der Waals surface area contributed by atoms with Gasteiger partial charge in [-0.05, 0) is 18.6 Å². The first-order chi connectivity index (χ1) is 13.0. The summed E-state index contributed by atoms with van der Waals surface area (Å²) in [7, 11) is 1.51. The summed E-state index contributed by atoms with van der Waals surface area (Å²) >= 11 is 0. The lowest BCUT2D eigenvalue weighted by Crippen LogP contribution is -2.42. The van der Waals surface area contributed by atoms with Crippen LogP contribution in [0.1, 0.15) is 30.3 Å². The highest BCUT2D eigenvalue weighted by Gasteiger charge is 2.20. The Bertz CT molecular complexity index is 803. The van der Waals surface area contributed by atoms with Gasteiger partial charge in [-0.1, -0.05) is 25.5 Å². The van der Waals surface area contributed by atoms with Gasteiger partial charge < -0.3 is 19.8 Å². The molecule has 1 aromatic heterocycles. The van der Waals surface area contributed by atoms with Crippen LogP contribution in [0.4, 0.5) is 0 Å². The molecule has 27 heavy (non-hydrogen) atoms. The van der Waals surface area contributed by atoms with Crippen molar-refractivity contribution >= 4 is 29.2 Å². The van der Waals surface area contributed by atoms with Crippen molar-refractivity contribution in [1.29, 1.82) is 0 Å². The molecule has 0 radical (unpaired) electrons. The molecule has 9 nitrogen and oxygen atoms in total. The number of carbonyl (C=O) groups is 3. The summed E-state index contributed by atoms with van der Waals surface area (Å²) < 4.78 is 10.7. The van der Waals surface area contributed by atoms with E-state index in [0.717, 1.165) is 5.39 Å². The van der Waals surface area contributed by atoms with E-state index in [0.29, 0.717) is 29.2 Å². The normalized spacial score (nSPS) is 11.7. The number of methoxy groups -OCH3 is 1. The van der Waals surface area contributed by atoms with Gasteiger partial charge in [-0.3, -0.25) is 19.6 Å². The van der Waals surface area contributed by atoms with Crippen molar-refractivity contribution in [3.8, 4) is 5.75 Å². The van der Waals surface area contributed by atoms with Gasteiger partial charge in [0.05, 0.1) is 26.2 Å². The van der Waals surface area contributed by atoms with Crippen LogP contribution in [0.15, 0.2) is 28.7 Å². The van der Waals surface area contributed by atoms with E-state index < -0.39 is 11.8 Å². The Morgan fingerprint density at radius 2 is 2.15 bits per heavy atom. The van der Waals surface area contributed by atoms with Crippen LogP contribution in [-0.4, -0.2) is 48.8 Å². The quantitative estimate of drug-likeness (QED) is 0.250. The molecule has 9 heteroatoms. The molecule has 146 valence electrons. The molecule has 0 spiro atoms. The Hall–Kier alpha value is -3.07. The van der Waals surface area contributed by atoms with Crippen LogP contribution >= 0.6 is 0 Å². The molecule has 0 bridgehead atoms. The minimum Gasteiger partial charge on any atom is -0.493 e. The van der Waals surface area contributed by atoms with Crippen LogP contribution in [0, 0.1) is 5.92 Å². The maximum atomic E-state index is 12.2. The average Bonchev–Trinajstić information content (AvgIpc) is 3.11. The largest absolute Gasteiger partial charge is 0.493 e. The van der Waals surface area contributed by atoms with Crippen molar-refractivity contribution in [1.82, 2.24) is 15.7 Å². The zero-order valence-corrected chi connectivity index (χ0v) is 15.2. The van der Waals surface area contributed by atoms with E-state index in [2.05, 4.69) is 10.6 Å². The highest BCUT2D eigenvalue weighted by molar-refractivity contribution is 5.97. The predicted octanol–water partition coefficient (Wildman–Crippen LogP) is 1.51. The monoisotopic (exact) mass is 377 g/mol. The van der Waals surface area contributed by atoms with Crippen molar-refractivity contribution in [2.75, 3.05) is 20.3 Å². The molecule has 0 saturated heterocycles. The van der Waals surface area contributed by atoms with Crippen LogP contribution in [-0.2, 0) is 9.59 Å². The number of hydrogen-bond acceptors (Lipinski definition) is 6. The Labute approximate surface area is 156 Å². The molecule has 0 aliphatic carbocycles. The second-order valence-corrected chi connectivity index (χ2v) is 5.93. The van der Waals surface area contributed by atoms with Crippen LogP contribution in [0.2, 0.25) is 0 Å². The Morgan fingerprint density at radius 3 is 2.81 bits per heavy atom. The minimum atomic E-state index is -0.572. The molecular formula is C18H23N3O6. The number of benzene rings is 1. The maximum Gasteiger partial charge on any atom is 0.288 e. The van der Waals surface area contributed by atoms with Crippen LogP contribution in [0.5, 0.6) is 5.75 Å². The smallest absolute Gasteiger partial charge is 0.288 e. The first kappa shape index (κ1) is 20.2. The van der Waals surface area contributed by atoms with Gasteiger partial charge in [0.25, 0.3) is 5.91 Å². The van der Waals surface area contributed by atoms with E-state index in [1.807, 2.05) is 6.92 Å². The molecule has 1 aromatic carbocycles. The van der Waals surface area contributed by atoms with Crippen molar-refractivity contribution in [2.24, 2.45) is 5.92 Å². The molecule has 1 heterocycles. The average molecular weight is 377 g/mol. The van der Waals surface area contributed by atoms with E-state index in [1.165, 1.54) is 7.11 Å². The first-order valence-electron chi connectivity index (χ1n) is 8.53. The molecule has 2 rings (SSSR count). The summed E-state index contributed by atoms with van der Waals surface area (Å²) in [5.41, 5.74) is 0.467. The highest BCUT2D eigenvalue weighted by Crippen LogP contribution is 2.28. The van der Waals surface area contributed by atoms with Gasteiger partial charge in [0.2, 0.25) is 12.3 Å². The number of rotatable bonds is 10. The molecule has 0 unspecified atom stereocenters. The van der Waals surface area contributed by atoms with E-state index in [-0.39, 0.29) is 31.3 Å². The van der Waals surface area contributed by atoms with Crippen LogP contribution in [0.3, 0.4) is 0 Å². The van der Waals surface area contributed by atoms with Gasteiger partial charge in [0.15, 0.2) is 17.1 Å². The van der Waals surface area contributed by atoms with E-state index >= 15 is 0 Å². The maximum absolute atomic E-state index is 12.2. The van der Waals surface area contributed by atoms with E-state index in [1.54, 1.807) is 24.3 Å². The molecule has 2 aromatic rings. The molecule has 1 atom stereocenters. The minimum absolute atomic E-state index is 0.0938. The molecule has 0 aliphatic rings. The van der Waals surface area contributed by atoms with Crippen LogP contribution in [0.25, 0.3) is 11.0 Å². The molecule has 0 fully saturated rings. The lowest BCUT2D eigenvalue weighted by molar-refractivity contribution is -0.154. The number of amides is 3. The van der Waals surface area contributed by atoms with E-state index in [9.17, 15) is 19.6 Å². The summed E-state index contributed by atoms with van der Waals surface area (Å²) in [6, 6.07) is 6.90. The number of nitrogens with one attached hydrogen (secondary N) is 2. The summed E-state index contributed by atoms with van der Waals surface area (Å²) in [5, 5.41) is 15.5. The highest BCUT2D eigenvalue weighted by atomic mass is 16.5. The van der Waals surface area contributed by atoms with Gasteiger partial charge in [-0.15, -0.1) is 0 Å². The van der Waals surface area contributed by atoms with E-state index in [4.69, 9.17) is 9.15 Å². The number of fused-ring (bicyclic) bond motifs is 1. The van der Waals surface area contributed by atoms with Gasteiger partial charge in [-0.25, -0.2) is 5.06 Å². The number of furan rings is 1. The van der Waals surface area contributed by atoms with Gasteiger partial charge >= 0.3 is 0 Å². The van der Waals surface area contributed by atoms with Crippen molar-refractivity contribution in [2.45, 2.75) is 19.8 Å². The summed E-state index contributed by atoms with van der Waals surface area (Å²) in [6.07, 6.45) is 1.44. The molecule has 0 aliphatic heterocycles. The number of carbonyl (C=O) groups excluding carboxylic acids is 3. The second kappa shape index (κ2) is 9.58. The summed E-state index contributed by atoms with van der Waals surface area (Å²) in [4.78, 5) is 34.9. The third kappa shape index (κ3) is 5.20. The van der Waals surface area contributed by atoms with Crippen molar-refractivity contribution in [3.63, 3.8) is 0 Å². The fourth-order valence-electron chi connectivity index (χ4n) is 2.67. The van der Waals surface area contributed by atoms with Gasteiger partial charge in [-0.2, -0.15) is 0 Å². The molecule has 3 amide bonds.